The molecule has 110 valence electrons. The molecule has 2 aromatic heterocycles. The SMILES string of the molecule is COc1nc(C)cc(=O)n1Cc1cccc(C(=O)NN)n1. The summed E-state index contributed by atoms with van der Waals surface area (Å²) in [7, 11) is 1.43. The standard InChI is InChI=1S/C13H15N5O3/c1-8-6-11(19)18(13(15-8)21-2)7-9-4-3-5-10(16-9)12(20)17-14/h3-6H,7,14H2,1-2H3,(H,17,20). The molecule has 0 atom stereocenters. The molecule has 0 spiro atoms. The number of hydrazine groups is 1. The van der Waals surface area contributed by atoms with E-state index in [1.165, 1.54) is 23.8 Å². The maximum atomic E-state index is 12.0. The number of carbonyl (C=O) groups excluding carboxylic acids is 1. The van der Waals surface area contributed by atoms with Crippen molar-refractivity contribution in [2.24, 2.45) is 5.84 Å². The van der Waals surface area contributed by atoms with Crippen LogP contribution < -0.4 is 21.6 Å². The molecule has 1 amide bonds. The van der Waals surface area contributed by atoms with Crippen molar-refractivity contribution in [3.63, 3.8) is 0 Å². The Labute approximate surface area is 120 Å². The van der Waals surface area contributed by atoms with Gasteiger partial charge in [-0.1, -0.05) is 6.07 Å². The Morgan fingerprint density at radius 2 is 2.19 bits per heavy atom. The summed E-state index contributed by atoms with van der Waals surface area (Å²) in [6.07, 6.45) is 0. The molecule has 8 heteroatoms. The van der Waals surface area contributed by atoms with Crippen LogP contribution in [-0.4, -0.2) is 27.6 Å². The summed E-state index contributed by atoms with van der Waals surface area (Å²) >= 11 is 0. The molecular weight excluding hydrogens is 274 g/mol. The largest absolute Gasteiger partial charge is 0.468 e. The topological polar surface area (TPSA) is 112 Å². The highest BCUT2D eigenvalue weighted by molar-refractivity contribution is 5.91. The summed E-state index contributed by atoms with van der Waals surface area (Å²) in [6, 6.07) is 6.47. The molecule has 0 saturated carbocycles. The molecule has 0 fully saturated rings. The predicted octanol–water partition coefficient (Wildman–Crippen LogP) is -0.393. The number of hydrogen-bond donors (Lipinski definition) is 2. The second-order valence-electron chi connectivity index (χ2n) is 4.30. The highest BCUT2D eigenvalue weighted by Gasteiger charge is 2.11. The van der Waals surface area contributed by atoms with Crippen molar-refractivity contribution in [3.05, 3.63) is 51.7 Å². The number of pyridine rings is 1. The summed E-state index contributed by atoms with van der Waals surface area (Å²) in [5.41, 5.74) is 3.00. The molecule has 0 aliphatic carbocycles. The van der Waals surface area contributed by atoms with Gasteiger partial charge in [0.25, 0.3) is 17.5 Å². The number of hydrogen-bond acceptors (Lipinski definition) is 6. The van der Waals surface area contributed by atoms with Crippen LogP contribution in [0, 0.1) is 6.92 Å². The van der Waals surface area contributed by atoms with Crippen molar-refractivity contribution in [1.29, 1.82) is 0 Å². The minimum Gasteiger partial charge on any atom is -0.468 e. The first-order valence-corrected chi connectivity index (χ1v) is 6.14. The van der Waals surface area contributed by atoms with Crippen molar-refractivity contribution < 1.29 is 9.53 Å². The quantitative estimate of drug-likeness (QED) is 0.450. The molecule has 21 heavy (non-hydrogen) atoms. The molecule has 0 bridgehead atoms. The van der Waals surface area contributed by atoms with Gasteiger partial charge in [0, 0.05) is 11.8 Å². The van der Waals surface area contributed by atoms with E-state index in [1.807, 2.05) is 5.43 Å². The molecule has 0 unspecified atom stereocenters. The summed E-state index contributed by atoms with van der Waals surface area (Å²) in [5.74, 6) is 4.57. The summed E-state index contributed by atoms with van der Waals surface area (Å²) in [6.45, 7) is 1.85. The van der Waals surface area contributed by atoms with Crippen molar-refractivity contribution in [2.45, 2.75) is 13.5 Å². The molecule has 2 heterocycles. The van der Waals surface area contributed by atoms with Crippen LogP contribution in [0.5, 0.6) is 6.01 Å². The van der Waals surface area contributed by atoms with Crippen LogP contribution in [0.3, 0.4) is 0 Å². The number of ether oxygens (including phenoxy) is 1. The van der Waals surface area contributed by atoms with Gasteiger partial charge in [-0.2, -0.15) is 0 Å². The zero-order valence-corrected chi connectivity index (χ0v) is 11.7. The van der Waals surface area contributed by atoms with Gasteiger partial charge in [-0.3, -0.25) is 19.6 Å². The van der Waals surface area contributed by atoms with Crippen molar-refractivity contribution >= 4 is 5.91 Å². The van der Waals surface area contributed by atoms with Gasteiger partial charge in [-0.05, 0) is 19.1 Å². The number of nitrogens with two attached hydrogens (primary N) is 1. The van der Waals surface area contributed by atoms with Gasteiger partial charge in [-0.15, -0.1) is 0 Å². The number of nitrogens with one attached hydrogen (secondary N) is 1. The van der Waals surface area contributed by atoms with Crippen LogP contribution in [0.15, 0.2) is 29.1 Å². The van der Waals surface area contributed by atoms with Crippen LogP contribution in [-0.2, 0) is 6.54 Å². The Morgan fingerprint density at radius 3 is 2.86 bits per heavy atom. The molecule has 0 aliphatic heterocycles. The smallest absolute Gasteiger partial charge is 0.299 e. The Kier molecular flexibility index (Phi) is 4.29. The third kappa shape index (κ3) is 3.23. The lowest BCUT2D eigenvalue weighted by atomic mass is 10.3. The Bertz CT molecular complexity index is 726. The molecule has 8 nitrogen and oxygen atoms in total. The fraction of sp³-hybridized carbons (Fsp3) is 0.231. The monoisotopic (exact) mass is 289 g/mol. The van der Waals surface area contributed by atoms with Gasteiger partial charge in [0.05, 0.1) is 19.3 Å². The number of carbonyl (C=O) groups is 1. The molecule has 0 radical (unpaired) electrons. The third-order valence-electron chi connectivity index (χ3n) is 2.77. The van der Waals surface area contributed by atoms with E-state index in [2.05, 4.69) is 9.97 Å². The van der Waals surface area contributed by atoms with E-state index in [9.17, 15) is 9.59 Å². The zero-order valence-electron chi connectivity index (χ0n) is 11.7. The third-order valence-corrected chi connectivity index (χ3v) is 2.77. The van der Waals surface area contributed by atoms with E-state index in [4.69, 9.17) is 10.6 Å². The van der Waals surface area contributed by atoms with E-state index in [-0.39, 0.29) is 23.8 Å². The van der Waals surface area contributed by atoms with Gasteiger partial charge < -0.3 is 4.74 Å². The second kappa shape index (κ2) is 6.14. The maximum Gasteiger partial charge on any atom is 0.299 e. The highest BCUT2D eigenvalue weighted by Crippen LogP contribution is 2.08. The van der Waals surface area contributed by atoms with Crippen LogP contribution >= 0.6 is 0 Å². The van der Waals surface area contributed by atoms with Gasteiger partial charge in [0.1, 0.15) is 5.69 Å². The molecule has 3 N–H and O–H groups in total. The lowest BCUT2D eigenvalue weighted by Crippen LogP contribution is -2.31. The van der Waals surface area contributed by atoms with E-state index in [0.29, 0.717) is 11.4 Å². The van der Waals surface area contributed by atoms with Crippen molar-refractivity contribution in [2.75, 3.05) is 7.11 Å². The number of rotatable bonds is 4. The lowest BCUT2D eigenvalue weighted by Gasteiger charge is -2.11. The number of aryl methyl sites for hydroxylation is 1. The number of nitrogens with zero attached hydrogens (tertiary/aromatic N) is 3. The lowest BCUT2D eigenvalue weighted by molar-refractivity contribution is 0.0948. The van der Waals surface area contributed by atoms with Crippen molar-refractivity contribution in [3.8, 4) is 6.01 Å². The van der Waals surface area contributed by atoms with E-state index < -0.39 is 5.91 Å². The number of nitrogen functional groups attached to an aromatic ring is 1. The van der Waals surface area contributed by atoms with Gasteiger partial charge in [0.2, 0.25) is 0 Å². The normalized spacial score (nSPS) is 10.2. The van der Waals surface area contributed by atoms with Gasteiger partial charge in [0.15, 0.2) is 0 Å². The number of aromatic nitrogens is 3. The second-order valence-corrected chi connectivity index (χ2v) is 4.30. The summed E-state index contributed by atoms with van der Waals surface area (Å²) in [5, 5.41) is 0. The highest BCUT2D eigenvalue weighted by atomic mass is 16.5. The van der Waals surface area contributed by atoms with E-state index >= 15 is 0 Å². The Morgan fingerprint density at radius 1 is 1.43 bits per heavy atom. The summed E-state index contributed by atoms with van der Waals surface area (Å²) < 4.78 is 6.44. The van der Waals surface area contributed by atoms with Crippen LogP contribution in [0.1, 0.15) is 21.9 Å². The molecule has 0 aromatic carbocycles. The first kappa shape index (κ1) is 14.7. The minimum absolute atomic E-state index is 0.140. The average molecular weight is 289 g/mol. The Balaban J connectivity index is 2.39. The molecular formula is C13H15N5O3. The van der Waals surface area contributed by atoms with Gasteiger partial charge >= 0.3 is 0 Å². The number of amides is 1. The van der Waals surface area contributed by atoms with E-state index in [0.717, 1.165) is 0 Å². The maximum absolute atomic E-state index is 12.0. The average Bonchev–Trinajstić information content (AvgIpc) is 2.49. The van der Waals surface area contributed by atoms with Crippen LogP contribution in [0.25, 0.3) is 0 Å². The number of methoxy groups -OCH3 is 1. The zero-order chi connectivity index (χ0) is 15.4. The first-order valence-electron chi connectivity index (χ1n) is 6.14. The fourth-order valence-corrected chi connectivity index (χ4v) is 1.83. The Hall–Kier alpha value is -2.74. The minimum atomic E-state index is -0.502. The van der Waals surface area contributed by atoms with Crippen LogP contribution in [0.2, 0.25) is 0 Å². The van der Waals surface area contributed by atoms with Crippen molar-refractivity contribution in [1.82, 2.24) is 20.0 Å². The first-order chi connectivity index (χ1) is 10.0. The predicted molar refractivity (Wildman–Crippen MR) is 74.8 cm³/mol. The molecule has 0 aliphatic rings. The van der Waals surface area contributed by atoms with Crippen LogP contribution in [0.4, 0.5) is 0 Å². The van der Waals surface area contributed by atoms with Gasteiger partial charge in [-0.25, -0.2) is 15.8 Å². The molecule has 0 saturated heterocycles. The fourth-order valence-electron chi connectivity index (χ4n) is 1.83. The molecule has 2 aromatic rings. The van der Waals surface area contributed by atoms with E-state index in [1.54, 1.807) is 19.1 Å². The molecule has 2 rings (SSSR count). The summed E-state index contributed by atoms with van der Waals surface area (Å²) in [4.78, 5) is 31.7.